The van der Waals surface area contributed by atoms with Gasteiger partial charge in [0.1, 0.15) is 17.9 Å². The maximum Gasteiger partial charge on any atom is 0.416 e. The lowest BCUT2D eigenvalue weighted by Gasteiger charge is -2.29. The number of ether oxygens (including phenoxy) is 1. The van der Waals surface area contributed by atoms with E-state index in [1.165, 1.54) is 24.7 Å². The summed E-state index contributed by atoms with van der Waals surface area (Å²) >= 11 is 0. The van der Waals surface area contributed by atoms with E-state index >= 15 is 4.39 Å². The third-order valence-corrected chi connectivity index (χ3v) is 7.39. The molecule has 2 aromatic heterocycles. The number of nitrogens with one attached hydrogen (secondary N) is 2. The number of carbonyl (C=O) groups is 1. The Morgan fingerprint density at radius 3 is 2.64 bits per heavy atom. The smallest absolute Gasteiger partial charge is 0.416 e. The molecular weight excluding hydrogens is 580 g/mol. The fourth-order valence-corrected chi connectivity index (χ4v) is 4.96. The number of hydrogen-bond donors (Lipinski definition) is 2. The first-order valence-corrected chi connectivity index (χ1v) is 13.7. The normalized spacial score (nSPS) is 15.2. The van der Waals surface area contributed by atoms with Crippen molar-refractivity contribution in [2.45, 2.75) is 25.6 Å². The van der Waals surface area contributed by atoms with Gasteiger partial charge in [-0.2, -0.15) is 18.2 Å². The van der Waals surface area contributed by atoms with Crippen LogP contribution in [0.4, 0.5) is 34.9 Å². The molecule has 1 amide bonds. The molecule has 230 valence electrons. The van der Waals surface area contributed by atoms with Crippen LogP contribution in [0.15, 0.2) is 55.0 Å². The molecule has 3 heterocycles. The van der Waals surface area contributed by atoms with E-state index < -0.39 is 29.0 Å². The number of nitrogens with zero attached hydrogens (tertiary/aromatic N) is 6. The molecule has 5 rings (SSSR count). The van der Waals surface area contributed by atoms with Crippen molar-refractivity contribution in [2.75, 3.05) is 49.8 Å². The van der Waals surface area contributed by atoms with Gasteiger partial charge in [0.25, 0.3) is 5.91 Å². The minimum absolute atomic E-state index is 0.0182. The zero-order valence-electron chi connectivity index (χ0n) is 24.4. The van der Waals surface area contributed by atoms with Gasteiger partial charge in [-0.05, 0) is 75.0 Å². The summed E-state index contributed by atoms with van der Waals surface area (Å²) in [5, 5.41) is 5.34. The number of benzene rings is 2. The monoisotopic (exact) mass is 610 g/mol. The van der Waals surface area contributed by atoms with Gasteiger partial charge in [-0.3, -0.25) is 4.79 Å². The Morgan fingerprint density at radius 2 is 1.93 bits per heavy atom. The second-order valence-electron chi connectivity index (χ2n) is 10.4. The van der Waals surface area contributed by atoms with E-state index in [0.29, 0.717) is 29.3 Å². The summed E-state index contributed by atoms with van der Waals surface area (Å²) in [5.74, 6) is -1.03. The van der Waals surface area contributed by atoms with Gasteiger partial charge in [0, 0.05) is 32.9 Å². The molecule has 1 aliphatic rings. The number of anilines is 3. The zero-order chi connectivity index (χ0) is 31.6. The topological polar surface area (TPSA) is 108 Å². The number of pyridine rings is 1. The lowest BCUT2D eigenvalue weighted by Crippen LogP contribution is -2.34. The molecule has 14 heteroatoms. The largest absolute Gasteiger partial charge is 0.438 e. The van der Waals surface area contributed by atoms with Gasteiger partial charge in [0.15, 0.2) is 5.82 Å². The number of aromatic nitrogens is 4. The average Bonchev–Trinajstić information content (AvgIpc) is 3.44. The van der Waals surface area contributed by atoms with Crippen LogP contribution in [0, 0.1) is 12.7 Å². The summed E-state index contributed by atoms with van der Waals surface area (Å²) in [6.45, 7) is 3.12. The van der Waals surface area contributed by atoms with Crippen molar-refractivity contribution in [1.82, 2.24) is 24.8 Å². The molecular formula is C30H30F4N8O2. The summed E-state index contributed by atoms with van der Waals surface area (Å²) in [7, 11) is 5.37. The highest BCUT2D eigenvalue weighted by atomic mass is 19.4. The fraction of sp³-hybridized carbons (Fsp3) is 0.300. The number of hydrogen-bond acceptors (Lipinski definition) is 9. The Balaban J connectivity index is 1.47. The van der Waals surface area contributed by atoms with Crippen LogP contribution < -0.4 is 20.3 Å². The van der Waals surface area contributed by atoms with E-state index in [2.05, 4.69) is 35.5 Å². The second-order valence-corrected chi connectivity index (χ2v) is 10.4. The molecule has 1 saturated heterocycles. The first-order chi connectivity index (χ1) is 20.9. The summed E-state index contributed by atoms with van der Waals surface area (Å²) < 4.78 is 62.2. The summed E-state index contributed by atoms with van der Waals surface area (Å²) in [5.41, 5.74) is -0.308. The van der Waals surface area contributed by atoms with Crippen molar-refractivity contribution in [3.63, 3.8) is 0 Å². The molecule has 0 unspecified atom stereocenters. The van der Waals surface area contributed by atoms with E-state index in [1.807, 2.05) is 11.9 Å². The van der Waals surface area contributed by atoms with Crippen molar-refractivity contribution in [2.24, 2.45) is 0 Å². The Kier molecular flexibility index (Phi) is 8.63. The van der Waals surface area contributed by atoms with Gasteiger partial charge in [-0.15, -0.1) is 0 Å². The molecule has 10 nitrogen and oxygen atoms in total. The SMILES string of the molecule is CNc1ncnc(-c2cccnc2Oc2cc(C(=O)Nc3cc(C(F)(F)F)ccc3N(C)[C@@H]3CCN(C)C3)c(F)cc2C)n1. The number of halogens is 4. The predicted molar refractivity (Wildman–Crippen MR) is 158 cm³/mol. The maximum atomic E-state index is 15.2. The van der Waals surface area contributed by atoms with Gasteiger partial charge in [0.2, 0.25) is 11.8 Å². The molecule has 1 fully saturated rings. The van der Waals surface area contributed by atoms with Crippen LogP contribution in [0.2, 0.25) is 0 Å². The molecule has 1 aliphatic heterocycles. The molecule has 0 spiro atoms. The number of rotatable bonds is 8. The van der Waals surface area contributed by atoms with Gasteiger partial charge in [-0.25, -0.2) is 19.3 Å². The highest BCUT2D eigenvalue weighted by Crippen LogP contribution is 2.37. The number of carbonyl (C=O) groups excluding carboxylic acids is 1. The van der Waals surface area contributed by atoms with Gasteiger partial charge >= 0.3 is 6.18 Å². The van der Waals surface area contributed by atoms with Crippen LogP contribution in [-0.2, 0) is 6.18 Å². The van der Waals surface area contributed by atoms with Gasteiger partial charge < -0.3 is 25.2 Å². The highest BCUT2D eigenvalue weighted by molar-refractivity contribution is 6.06. The van der Waals surface area contributed by atoms with Gasteiger partial charge in [-0.1, -0.05) is 0 Å². The number of aryl methyl sites for hydroxylation is 1. The molecule has 0 aliphatic carbocycles. The van der Waals surface area contributed by atoms with Crippen molar-refractivity contribution in [3.05, 3.63) is 77.5 Å². The van der Waals surface area contributed by atoms with E-state index in [0.717, 1.165) is 31.2 Å². The third kappa shape index (κ3) is 6.54. The molecule has 0 radical (unpaired) electrons. The first kappa shape index (κ1) is 30.6. The number of alkyl halides is 3. The van der Waals surface area contributed by atoms with Crippen LogP contribution in [0.3, 0.4) is 0 Å². The number of likely N-dealkylation sites (tertiary alicyclic amines) is 1. The Labute approximate surface area is 251 Å². The van der Waals surface area contributed by atoms with Crippen LogP contribution in [0.5, 0.6) is 11.6 Å². The van der Waals surface area contributed by atoms with Crippen LogP contribution in [0.1, 0.15) is 27.9 Å². The minimum atomic E-state index is -4.65. The maximum absolute atomic E-state index is 15.2. The van der Waals surface area contributed by atoms with Crippen LogP contribution in [-0.4, -0.2) is 71.0 Å². The minimum Gasteiger partial charge on any atom is -0.438 e. The van der Waals surface area contributed by atoms with E-state index in [9.17, 15) is 18.0 Å². The predicted octanol–water partition coefficient (Wildman–Crippen LogP) is 5.63. The molecule has 2 aromatic carbocycles. The number of likely N-dealkylation sites (N-methyl/N-ethyl adjacent to an activating group) is 2. The first-order valence-electron chi connectivity index (χ1n) is 13.7. The zero-order valence-corrected chi connectivity index (χ0v) is 24.4. The number of amides is 1. The lowest BCUT2D eigenvalue weighted by molar-refractivity contribution is -0.137. The highest BCUT2D eigenvalue weighted by Gasteiger charge is 2.33. The molecule has 2 N–H and O–H groups in total. The Morgan fingerprint density at radius 1 is 1.14 bits per heavy atom. The fourth-order valence-electron chi connectivity index (χ4n) is 4.96. The Bertz CT molecular complexity index is 1680. The Hall–Kier alpha value is -4.85. The summed E-state index contributed by atoms with van der Waals surface area (Å²) in [6.07, 6.45) is -1.04. The summed E-state index contributed by atoms with van der Waals surface area (Å²) in [6, 6.07) is 8.81. The van der Waals surface area contributed by atoms with Gasteiger partial charge in [0.05, 0.1) is 28.1 Å². The quantitative estimate of drug-likeness (QED) is 0.246. The molecule has 0 saturated carbocycles. The van der Waals surface area contributed by atoms with Crippen molar-refractivity contribution in [3.8, 4) is 23.0 Å². The third-order valence-electron chi connectivity index (χ3n) is 7.39. The van der Waals surface area contributed by atoms with E-state index in [-0.39, 0.29) is 29.2 Å². The molecule has 4 aromatic rings. The van der Waals surface area contributed by atoms with Crippen molar-refractivity contribution in [1.29, 1.82) is 0 Å². The standard InChI is InChI=1S/C30H30F4N8O2/c1-17-12-22(31)21(14-25(17)44-28-20(6-5-10-36-28)26-37-16-38-29(35-2)40-26)27(43)39-23-13-18(30(32,33)34)7-8-24(23)42(4)19-9-11-41(3)15-19/h5-8,10,12-14,16,19H,9,11,15H2,1-4H3,(H,39,43)(H,35,37,38,40)/t19-/m1/s1. The van der Waals surface area contributed by atoms with Crippen molar-refractivity contribution < 1.29 is 27.1 Å². The van der Waals surface area contributed by atoms with Crippen LogP contribution in [0.25, 0.3) is 11.4 Å². The molecule has 1 atom stereocenters. The van der Waals surface area contributed by atoms with Crippen LogP contribution >= 0.6 is 0 Å². The van der Waals surface area contributed by atoms with Crippen molar-refractivity contribution >= 4 is 23.2 Å². The lowest BCUT2D eigenvalue weighted by atomic mass is 10.1. The molecule has 44 heavy (non-hydrogen) atoms. The summed E-state index contributed by atoms with van der Waals surface area (Å²) in [4.78, 5) is 34.2. The molecule has 0 bridgehead atoms. The average molecular weight is 611 g/mol. The van der Waals surface area contributed by atoms with E-state index in [4.69, 9.17) is 4.74 Å². The second kappa shape index (κ2) is 12.4. The van der Waals surface area contributed by atoms with E-state index in [1.54, 1.807) is 33.2 Å².